The molecule has 28 heavy (non-hydrogen) atoms. The molecule has 2 aromatic carbocycles. The van der Waals surface area contributed by atoms with Gasteiger partial charge in [0.05, 0.1) is 29.9 Å². The Kier molecular flexibility index (Phi) is 5.91. The van der Waals surface area contributed by atoms with E-state index in [0.717, 1.165) is 11.6 Å². The smallest absolute Gasteiger partial charge is 0.391 e. The van der Waals surface area contributed by atoms with Crippen LogP contribution >= 0.6 is 23.2 Å². The van der Waals surface area contributed by atoms with Crippen LogP contribution in [0.5, 0.6) is 0 Å². The van der Waals surface area contributed by atoms with Crippen molar-refractivity contribution < 1.29 is 23.1 Å². The van der Waals surface area contributed by atoms with E-state index < -0.39 is 29.8 Å². The zero-order valence-electron chi connectivity index (χ0n) is 14.7. The standard InChI is InChI=1S/C19H17Cl2F3N2O2/c1-26(18-12-6-10(20)7-14(21)11(12)8-16(18)27)9-17(28)25-15-5-3-2-4-13(15)19(22,23)24/h2-7,16,18,27H,8-9H2,1H3,(H,25,28)/t16-,18-/m0/s1. The van der Waals surface area contributed by atoms with Gasteiger partial charge in [0.1, 0.15) is 0 Å². The molecule has 0 saturated carbocycles. The lowest BCUT2D eigenvalue weighted by molar-refractivity contribution is -0.137. The zero-order valence-corrected chi connectivity index (χ0v) is 16.2. The second-order valence-corrected chi connectivity index (χ2v) is 7.52. The molecular weight excluding hydrogens is 416 g/mol. The van der Waals surface area contributed by atoms with Crippen LogP contribution in [0.25, 0.3) is 0 Å². The molecule has 0 saturated heterocycles. The van der Waals surface area contributed by atoms with Crippen molar-refractivity contribution in [3.8, 4) is 0 Å². The number of hydrogen-bond donors (Lipinski definition) is 2. The molecule has 3 rings (SSSR count). The summed E-state index contributed by atoms with van der Waals surface area (Å²) in [6.45, 7) is -0.225. The van der Waals surface area contributed by atoms with Crippen molar-refractivity contribution in [2.45, 2.75) is 24.7 Å². The quantitative estimate of drug-likeness (QED) is 0.745. The van der Waals surface area contributed by atoms with Crippen LogP contribution in [0.4, 0.5) is 18.9 Å². The van der Waals surface area contributed by atoms with Crippen LogP contribution in [0.15, 0.2) is 36.4 Å². The number of halogens is 5. The Labute approximate surface area is 169 Å². The van der Waals surface area contributed by atoms with Crippen LogP contribution in [-0.4, -0.2) is 35.6 Å². The van der Waals surface area contributed by atoms with Crippen molar-refractivity contribution in [3.63, 3.8) is 0 Å². The Morgan fingerprint density at radius 1 is 1.29 bits per heavy atom. The summed E-state index contributed by atoms with van der Waals surface area (Å²) in [4.78, 5) is 13.9. The summed E-state index contributed by atoms with van der Waals surface area (Å²) in [5.74, 6) is -0.632. The number of likely N-dealkylation sites (N-methyl/N-ethyl adjacent to an activating group) is 1. The maximum atomic E-state index is 13.1. The number of amides is 1. The van der Waals surface area contributed by atoms with E-state index in [2.05, 4.69) is 5.32 Å². The summed E-state index contributed by atoms with van der Waals surface area (Å²) in [7, 11) is 1.60. The van der Waals surface area contributed by atoms with E-state index in [-0.39, 0.29) is 12.2 Å². The Morgan fingerprint density at radius 2 is 1.96 bits per heavy atom. The number of aliphatic hydroxyl groups is 1. The molecule has 2 aromatic rings. The maximum Gasteiger partial charge on any atom is 0.418 e. The minimum atomic E-state index is -4.58. The summed E-state index contributed by atoms with van der Waals surface area (Å²) >= 11 is 12.2. The van der Waals surface area contributed by atoms with Gasteiger partial charge in [-0.25, -0.2) is 0 Å². The first kappa shape index (κ1) is 20.9. The lowest BCUT2D eigenvalue weighted by atomic mass is 10.1. The number of rotatable bonds is 4. The predicted molar refractivity (Wildman–Crippen MR) is 102 cm³/mol. The largest absolute Gasteiger partial charge is 0.418 e. The normalized spacial score (nSPS) is 19.0. The maximum absolute atomic E-state index is 13.1. The fourth-order valence-electron chi connectivity index (χ4n) is 3.52. The number of para-hydroxylation sites is 1. The molecular formula is C19H17Cl2F3N2O2. The van der Waals surface area contributed by atoms with E-state index in [9.17, 15) is 23.1 Å². The molecule has 0 heterocycles. The number of nitrogens with zero attached hydrogens (tertiary/aromatic N) is 1. The Morgan fingerprint density at radius 3 is 2.64 bits per heavy atom. The molecule has 2 N–H and O–H groups in total. The third kappa shape index (κ3) is 4.27. The van der Waals surface area contributed by atoms with Crippen LogP contribution in [0, 0.1) is 0 Å². The number of carbonyl (C=O) groups is 1. The lowest BCUT2D eigenvalue weighted by Crippen LogP contribution is -2.37. The van der Waals surface area contributed by atoms with E-state index in [1.165, 1.54) is 18.2 Å². The van der Waals surface area contributed by atoms with Gasteiger partial charge in [-0.15, -0.1) is 0 Å². The molecule has 1 amide bonds. The first-order valence-electron chi connectivity index (χ1n) is 8.40. The average Bonchev–Trinajstić information content (AvgIpc) is 2.90. The number of nitrogens with one attached hydrogen (secondary N) is 1. The molecule has 2 atom stereocenters. The average molecular weight is 433 g/mol. The molecule has 1 aliphatic rings. The Bertz CT molecular complexity index is 905. The number of aliphatic hydroxyl groups excluding tert-OH is 1. The molecule has 0 bridgehead atoms. The van der Waals surface area contributed by atoms with E-state index >= 15 is 0 Å². The van der Waals surface area contributed by atoms with Crippen LogP contribution in [0.2, 0.25) is 10.0 Å². The van der Waals surface area contributed by atoms with Crippen LogP contribution in [0.1, 0.15) is 22.7 Å². The minimum Gasteiger partial charge on any atom is -0.391 e. The van der Waals surface area contributed by atoms with Crippen molar-refractivity contribution in [3.05, 3.63) is 63.1 Å². The van der Waals surface area contributed by atoms with Gasteiger partial charge in [0.15, 0.2) is 0 Å². The fraction of sp³-hybridized carbons (Fsp3) is 0.316. The topological polar surface area (TPSA) is 52.6 Å². The van der Waals surface area contributed by atoms with E-state index in [1.54, 1.807) is 24.1 Å². The molecule has 0 unspecified atom stereocenters. The van der Waals surface area contributed by atoms with Gasteiger partial charge >= 0.3 is 6.18 Å². The minimum absolute atomic E-state index is 0.225. The first-order valence-corrected chi connectivity index (χ1v) is 9.15. The molecule has 0 aliphatic heterocycles. The molecule has 0 fully saturated rings. The van der Waals surface area contributed by atoms with E-state index in [1.807, 2.05) is 0 Å². The number of anilines is 1. The number of fused-ring (bicyclic) bond motifs is 1. The van der Waals surface area contributed by atoms with Crippen molar-refractivity contribution in [2.24, 2.45) is 0 Å². The fourth-order valence-corrected chi connectivity index (χ4v) is 4.10. The number of benzene rings is 2. The van der Waals surface area contributed by atoms with Gasteiger partial charge in [0, 0.05) is 16.5 Å². The van der Waals surface area contributed by atoms with Gasteiger partial charge in [-0.1, -0.05) is 35.3 Å². The van der Waals surface area contributed by atoms with Crippen LogP contribution in [0.3, 0.4) is 0 Å². The third-order valence-corrected chi connectivity index (χ3v) is 5.22. The van der Waals surface area contributed by atoms with Crippen molar-refractivity contribution >= 4 is 34.8 Å². The number of carbonyl (C=O) groups excluding carboxylic acids is 1. The summed E-state index contributed by atoms with van der Waals surface area (Å²) in [6, 6.07) is 7.48. The Balaban J connectivity index is 1.77. The molecule has 0 radical (unpaired) electrons. The molecule has 9 heteroatoms. The first-order chi connectivity index (χ1) is 13.1. The molecule has 0 spiro atoms. The van der Waals surface area contributed by atoms with Gasteiger partial charge < -0.3 is 10.4 Å². The highest BCUT2D eigenvalue weighted by molar-refractivity contribution is 6.35. The van der Waals surface area contributed by atoms with Crippen molar-refractivity contribution in [1.29, 1.82) is 0 Å². The van der Waals surface area contributed by atoms with Gasteiger partial charge in [0.25, 0.3) is 0 Å². The predicted octanol–water partition coefficient (Wildman–Crippen LogP) is 4.54. The van der Waals surface area contributed by atoms with Crippen molar-refractivity contribution in [1.82, 2.24) is 4.90 Å². The van der Waals surface area contributed by atoms with Gasteiger partial charge in [-0.2, -0.15) is 13.2 Å². The third-order valence-electron chi connectivity index (χ3n) is 4.67. The summed E-state index contributed by atoms with van der Waals surface area (Å²) in [5, 5.41) is 13.6. The summed E-state index contributed by atoms with van der Waals surface area (Å²) in [6.07, 6.45) is -5.09. The highest BCUT2D eigenvalue weighted by Crippen LogP contribution is 2.41. The number of hydrogen-bond acceptors (Lipinski definition) is 3. The second-order valence-electron chi connectivity index (χ2n) is 6.68. The van der Waals surface area contributed by atoms with E-state index in [4.69, 9.17) is 23.2 Å². The number of alkyl halides is 3. The van der Waals surface area contributed by atoms with Gasteiger partial charge in [-0.05, 0) is 42.4 Å². The molecule has 150 valence electrons. The summed E-state index contributed by atoms with van der Waals surface area (Å²) in [5.41, 5.74) is 0.219. The Hall–Kier alpha value is -1.80. The lowest BCUT2D eigenvalue weighted by Gasteiger charge is -2.27. The molecule has 1 aliphatic carbocycles. The second kappa shape index (κ2) is 7.91. The van der Waals surface area contributed by atoms with Gasteiger partial charge in [-0.3, -0.25) is 9.69 Å². The molecule has 0 aromatic heterocycles. The molecule has 4 nitrogen and oxygen atoms in total. The highest BCUT2D eigenvalue weighted by Gasteiger charge is 2.37. The highest BCUT2D eigenvalue weighted by atomic mass is 35.5. The van der Waals surface area contributed by atoms with Gasteiger partial charge in [0.2, 0.25) is 5.91 Å². The van der Waals surface area contributed by atoms with Crippen molar-refractivity contribution in [2.75, 3.05) is 18.9 Å². The van der Waals surface area contributed by atoms with Crippen LogP contribution < -0.4 is 5.32 Å². The SMILES string of the molecule is CN(CC(=O)Nc1ccccc1C(F)(F)F)[C@H]1c2cc(Cl)cc(Cl)c2C[C@@H]1O. The summed E-state index contributed by atoms with van der Waals surface area (Å²) < 4.78 is 39.2. The monoisotopic (exact) mass is 432 g/mol. The van der Waals surface area contributed by atoms with E-state index in [0.29, 0.717) is 22.0 Å². The van der Waals surface area contributed by atoms with Crippen LogP contribution in [-0.2, 0) is 17.4 Å². The zero-order chi connectivity index (χ0) is 20.6.